The van der Waals surface area contributed by atoms with Crippen LogP contribution >= 0.6 is 0 Å². The molecule has 1 rings (SSSR count). The van der Waals surface area contributed by atoms with Crippen LogP contribution in [0.3, 0.4) is 0 Å². The summed E-state index contributed by atoms with van der Waals surface area (Å²) in [4.78, 5) is 11.0. The molecule has 0 amide bonds. The van der Waals surface area contributed by atoms with Gasteiger partial charge >= 0.3 is 5.97 Å². The van der Waals surface area contributed by atoms with Crippen LogP contribution < -0.4 is 0 Å². The standard InChI is InChI=1S/C11H17FO2/c1-8(11(13)14-2)10(12)9-6-4-3-5-7-9/h9-10H,1,3-7H2,2H3. The fraction of sp³-hybridized carbons (Fsp3) is 0.727. The molecule has 0 spiro atoms. The van der Waals surface area contributed by atoms with Crippen molar-refractivity contribution in [2.75, 3.05) is 7.11 Å². The van der Waals surface area contributed by atoms with Crippen molar-refractivity contribution in [3.8, 4) is 0 Å². The summed E-state index contributed by atoms with van der Waals surface area (Å²) in [6, 6.07) is 0. The maximum absolute atomic E-state index is 13.7. The van der Waals surface area contributed by atoms with Gasteiger partial charge in [-0.15, -0.1) is 0 Å². The Hall–Kier alpha value is -0.860. The Labute approximate surface area is 84.1 Å². The van der Waals surface area contributed by atoms with Crippen LogP contribution in [0.4, 0.5) is 4.39 Å². The Morgan fingerprint density at radius 3 is 2.50 bits per heavy atom. The summed E-state index contributed by atoms with van der Waals surface area (Å²) >= 11 is 0. The minimum absolute atomic E-state index is 0.0283. The number of ether oxygens (including phenoxy) is 1. The van der Waals surface area contributed by atoms with Gasteiger partial charge in [-0.1, -0.05) is 25.8 Å². The van der Waals surface area contributed by atoms with Crippen molar-refractivity contribution >= 4 is 5.97 Å². The van der Waals surface area contributed by atoms with Crippen LogP contribution in [0.15, 0.2) is 12.2 Å². The minimum atomic E-state index is -1.22. The molecular formula is C11H17FO2. The Kier molecular flexibility index (Phi) is 4.11. The van der Waals surface area contributed by atoms with E-state index in [1.165, 1.54) is 13.5 Å². The van der Waals surface area contributed by atoms with Crippen molar-refractivity contribution in [1.82, 2.24) is 0 Å². The van der Waals surface area contributed by atoms with E-state index in [-0.39, 0.29) is 11.5 Å². The van der Waals surface area contributed by atoms with E-state index in [0.717, 1.165) is 25.7 Å². The van der Waals surface area contributed by atoms with Gasteiger partial charge in [0.1, 0.15) is 6.17 Å². The minimum Gasteiger partial charge on any atom is -0.466 e. The molecule has 80 valence electrons. The Balaban J connectivity index is 2.50. The summed E-state index contributed by atoms with van der Waals surface area (Å²) in [7, 11) is 1.25. The van der Waals surface area contributed by atoms with E-state index in [9.17, 15) is 9.18 Å². The number of esters is 1. The molecule has 3 heteroatoms. The molecule has 0 radical (unpaired) electrons. The average molecular weight is 200 g/mol. The molecule has 0 saturated heterocycles. The molecule has 0 N–H and O–H groups in total. The topological polar surface area (TPSA) is 26.3 Å². The zero-order valence-corrected chi connectivity index (χ0v) is 8.59. The van der Waals surface area contributed by atoms with Crippen LogP contribution in [0.5, 0.6) is 0 Å². The van der Waals surface area contributed by atoms with Gasteiger partial charge < -0.3 is 4.74 Å². The van der Waals surface area contributed by atoms with E-state index in [2.05, 4.69) is 11.3 Å². The van der Waals surface area contributed by atoms with Gasteiger partial charge in [0.05, 0.1) is 12.7 Å². The van der Waals surface area contributed by atoms with E-state index in [1.54, 1.807) is 0 Å². The molecule has 1 unspecified atom stereocenters. The lowest BCUT2D eigenvalue weighted by Gasteiger charge is -2.25. The Morgan fingerprint density at radius 1 is 1.43 bits per heavy atom. The first-order valence-electron chi connectivity index (χ1n) is 5.08. The van der Waals surface area contributed by atoms with Gasteiger partial charge in [0.25, 0.3) is 0 Å². The van der Waals surface area contributed by atoms with Crippen molar-refractivity contribution in [3.05, 3.63) is 12.2 Å². The lowest BCUT2D eigenvalue weighted by Crippen LogP contribution is -2.25. The second-order valence-electron chi connectivity index (χ2n) is 3.82. The number of carbonyl (C=O) groups excluding carboxylic acids is 1. The quantitative estimate of drug-likeness (QED) is 0.517. The number of halogens is 1. The third kappa shape index (κ3) is 2.56. The average Bonchev–Trinajstić information content (AvgIpc) is 2.27. The van der Waals surface area contributed by atoms with Gasteiger partial charge in [0.15, 0.2) is 0 Å². The summed E-state index contributed by atoms with van der Waals surface area (Å²) < 4.78 is 18.2. The van der Waals surface area contributed by atoms with Gasteiger partial charge in [0.2, 0.25) is 0 Å². The van der Waals surface area contributed by atoms with Crippen molar-refractivity contribution in [1.29, 1.82) is 0 Å². The predicted octanol–water partition coefficient (Wildman–Crippen LogP) is 2.63. The second kappa shape index (κ2) is 5.13. The van der Waals surface area contributed by atoms with Gasteiger partial charge in [-0.3, -0.25) is 0 Å². The zero-order chi connectivity index (χ0) is 10.6. The van der Waals surface area contributed by atoms with Crippen molar-refractivity contribution < 1.29 is 13.9 Å². The van der Waals surface area contributed by atoms with Crippen LogP contribution in [0.25, 0.3) is 0 Å². The summed E-state index contributed by atoms with van der Waals surface area (Å²) in [5, 5.41) is 0. The van der Waals surface area contributed by atoms with Crippen LogP contribution in [0.1, 0.15) is 32.1 Å². The maximum Gasteiger partial charge on any atom is 0.336 e. The molecule has 2 nitrogen and oxygen atoms in total. The summed E-state index contributed by atoms with van der Waals surface area (Å²) in [6.45, 7) is 3.45. The zero-order valence-electron chi connectivity index (χ0n) is 8.59. The first-order valence-corrected chi connectivity index (χ1v) is 5.08. The number of methoxy groups -OCH3 is 1. The third-order valence-electron chi connectivity index (χ3n) is 2.84. The molecule has 0 aromatic heterocycles. The normalized spacial score (nSPS) is 20.1. The highest BCUT2D eigenvalue weighted by Gasteiger charge is 2.28. The first kappa shape index (κ1) is 11.2. The number of hydrogen-bond donors (Lipinski definition) is 0. The molecular weight excluding hydrogens is 183 g/mol. The maximum atomic E-state index is 13.7. The predicted molar refractivity (Wildman–Crippen MR) is 52.6 cm³/mol. The molecule has 1 aliphatic rings. The van der Waals surface area contributed by atoms with Crippen LogP contribution in [-0.4, -0.2) is 19.3 Å². The van der Waals surface area contributed by atoms with Crippen LogP contribution in [-0.2, 0) is 9.53 Å². The molecule has 0 aliphatic heterocycles. The monoisotopic (exact) mass is 200 g/mol. The van der Waals surface area contributed by atoms with Gasteiger partial charge in [0, 0.05) is 0 Å². The summed E-state index contributed by atoms with van der Waals surface area (Å²) in [5.41, 5.74) is -0.0283. The molecule has 1 aliphatic carbocycles. The van der Waals surface area contributed by atoms with E-state index >= 15 is 0 Å². The van der Waals surface area contributed by atoms with Crippen LogP contribution in [0, 0.1) is 5.92 Å². The highest BCUT2D eigenvalue weighted by Crippen LogP contribution is 2.31. The summed E-state index contributed by atoms with van der Waals surface area (Å²) in [6.07, 6.45) is 3.78. The number of rotatable bonds is 3. The number of hydrogen-bond acceptors (Lipinski definition) is 2. The molecule has 0 aromatic carbocycles. The van der Waals surface area contributed by atoms with Gasteiger partial charge in [-0.05, 0) is 18.8 Å². The lowest BCUT2D eigenvalue weighted by atomic mass is 9.83. The van der Waals surface area contributed by atoms with E-state index < -0.39 is 12.1 Å². The molecule has 14 heavy (non-hydrogen) atoms. The highest BCUT2D eigenvalue weighted by atomic mass is 19.1. The smallest absolute Gasteiger partial charge is 0.336 e. The van der Waals surface area contributed by atoms with E-state index in [4.69, 9.17) is 0 Å². The second-order valence-corrected chi connectivity index (χ2v) is 3.82. The SMILES string of the molecule is C=C(C(=O)OC)C(F)C1CCCCC1. The van der Waals surface area contributed by atoms with E-state index in [0.29, 0.717) is 0 Å². The van der Waals surface area contributed by atoms with E-state index in [1.807, 2.05) is 0 Å². The van der Waals surface area contributed by atoms with Crippen LogP contribution in [0.2, 0.25) is 0 Å². The first-order chi connectivity index (χ1) is 6.66. The molecule has 1 saturated carbocycles. The lowest BCUT2D eigenvalue weighted by molar-refractivity contribution is -0.137. The fourth-order valence-corrected chi connectivity index (χ4v) is 1.96. The largest absolute Gasteiger partial charge is 0.466 e. The van der Waals surface area contributed by atoms with Gasteiger partial charge in [-0.2, -0.15) is 0 Å². The van der Waals surface area contributed by atoms with Crippen molar-refractivity contribution in [2.45, 2.75) is 38.3 Å². The molecule has 0 bridgehead atoms. The third-order valence-corrected chi connectivity index (χ3v) is 2.84. The Bertz CT molecular complexity index is 219. The number of alkyl halides is 1. The van der Waals surface area contributed by atoms with Gasteiger partial charge in [-0.25, -0.2) is 9.18 Å². The summed E-state index contributed by atoms with van der Waals surface area (Å²) in [5.74, 6) is -0.654. The fourth-order valence-electron chi connectivity index (χ4n) is 1.96. The Morgan fingerprint density at radius 2 is 2.00 bits per heavy atom. The highest BCUT2D eigenvalue weighted by molar-refractivity contribution is 5.88. The molecule has 0 aromatic rings. The van der Waals surface area contributed by atoms with Crippen molar-refractivity contribution in [3.63, 3.8) is 0 Å². The molecule has 0 heterocycles. The molecule has 1 fully saturated rings. The van der Waals surface area contributed by atoms with Crippen molar-refractivity contribution in [2.24, 2.45) is 5.92 Å². The number of carbonyl (C=O) groups is 1. The molecule has 1 atom stereocenters.